The van der Waals surface area contributed by atoms with Crippen LogP contribution in [0.5, 0.6) is 11.5 Å². The zero-order chi connectivity index (χ0) is 18.0. The molecule has 5 heteroatoms. The standard InChI is InChI=1S/C19H26O3Si2/c1-8-20-19-21-17-15(11-13-23(2,3)4)9-10-16(18(17)22-19)12-14-24(5,6)7/h9-10,19H,8H2,1-7H3. The van der Waals surface area contributed by atoms with Gasteiger partial charge >= 0.3 is 6.48 Å². The lowest BCUT2D eigenvalue weighted by atomic mass is 10.1. The Morgan fingerprint density at radius 1 is 0.875 bits per heavy atom. The minimum atomic E-state index is -1.47. The van der Waals surface area contributed by atoms with Crippen molar-refractivity contribution < 1.29 is 14.2 Å². The molecule has 3 nitrogen and oxygen atoms in total. The van der Waals surface area contributed by atoms with Crippen molar-refractivity contribution in [1.82, 2.24) is 0 Å². The SMILES string of the molecule is CCOC1Oc2c(C#C[Si](C)(C)C)ccc(C#C[Si](C)(C)C)c2O1. The van der Waals surface area contributed by atoms with E-state index in [4.69, 9.17) is 14.2 Å². The molecule has 0 unspecified atom stereocenters. The second-order valence-electron chi connectivity index (χ2n) is 7.80. The first-order chi connectivity index (χ1) is 11.1. The molecule has 0 radical (unpaired) electrons. The van der Waals surface area contributed by atoms with Gasteiger partial charge in [0.1, 0.15) is 16.1 Å². The summed E-state index contributed by atoms with van der Waals surface area (Å²) in [6, 6.07) is 3.94. The molecule has 1 heterocycles. The van der Waals surface area contributed by atoms with Crippen LogP contribution in [-0.2, 0) is 4.74 Å². The van der Waals surface area contributed by atoms with Gasteiger partial charge in [0.2, 0.25) is 0 Å². The third-order valence-electron chi connectivity index (χ3n) is 2.99. The van der Waals surface area contributed by atoms with Gasteiger partial charge in [0.25, 0.3) is 0 Å². The summed E-state index contributed by atoms with van der Waals surface area (Å²) in [6.07, 6.45) is 0. The summed E-state index contributed by atoms with van der Waals surface area (Å²) in [5.41, 5.74) is 8.43. The highest BCUT2D eigenvalue weighted by molar-refractivity contribution is 6.84. The molecule has 0 atom stereocenters. The van der Waals surface area contributed by atoms with Gasteiger partial charge in [-0.25, -0.2) is 0 Å². The van der Waals surface area contributed by atoms with Crippen LogP contribution in [0.4, 0.5) is 0 Å². The third kappa shape index (κ3) is 5.17. The van der Waals surface area contributed by atoms with E-state index in [1.807, 2.05) is 19.1 Å². The van der Waals surface area contributed by atoms with Crippen molar-refractivity contribution in [3.63, 3.8) is 0 Å². The van der Waals surface area contributed by atoms with Crippen molar-refractivity contribution in [1.29, 1.82) is 0 Å². The van der Waals surface area contributed by atoms with E-state index in [9.17, 15) is 0 Å². The van der Waals surface area contributed by atoms with Gasteiger partial charge in [0.05, 0.1) is 17.7 Å². The summed E-state index contributed by atoms with van der Waals surface area (Å²) in [7, 11) is -2.94. The predicted molar refractivity (Wildman–Crippen MR) is 104 cm³/mol. The molecular formula is C19H26O3Si2. The van der Waals surface area contributed by atoms with E-state index in [0.29, 0.717) is 18.1 Å². The summed E-state index contributed by atoms with van der Waals surface area (Å²) in [5, 5.41) is 0. The maximum absolute atomic E-state index is 5.83. The molecule has 1 aliphatic heterocycles. The summed E-state index contributed by atoms with van der Waals surface area (Å²) < 4.78 is 17.1. The molecular weight excluding hydrogens is 332 g/mol. The first kappa shape index (κ1) is 18.7. The van der Waals surface area contributed by atoms with Gasteiger partial charge in [0.15, 0.2) is 11.5 Å². The van der Waals surface area contributed by atoms with Crippen molar-refractivity contribution in [3.8, 4) is 34.4 Å². The van der Waals surface area contributed by atoms with Gasteiger partial charge in [-0.3, -0.25) is 0 Å². The highest BCUT2D eigenvalue weighted by atomic mass is 28.3. The van der Waals surface area contributed by atoms with Crippen LogP contribution in [0.3, 0.4) is 0 Å². The molecule has 2 rings (SSSR count). The monoisotopic (exact) mass is 358 g/mol. The smallest absolute Gasteiger partial charge is 0.361 e. The summed E-state index contributed by atoms with van der Waals surface area (Å²) in [5.74, 6) is 7.83. The summed E-state index contributed by atoms with van der Waals surface area (Å²) >= 11 is 0. The van der Waals surface area contributed by atoms with Crippen molar-refractivity contribution >= 4 is 16.1 Å². The maximum atomic E-state index is 5.83. The average Bonchev–Trinajstić information content (AvgIpc) is 2.85. The molecule has 24 heavy (non-hydrogen) atoms. The molecule has 0 saturated heterocycles. The fourth-order valence-corrected chi connectivity index (χ4v) is 2.94. The van der Waals surface area contributed by atoms with Crippen LogP contribution in [0.15, 0.2) is 12.1 Å². The largest absolute Gasteiger partial charge is 0.427 e. The fourth-order valence-electron chi connectivity index (χ4n) is 1.92. The molecule has 0 amide bonds. The van der Waals surface area contributed by atoms with Crippen LogP contribution < -0.4 is 9.47 Å². The van der Waals surface area contributed by atoms with Crippen LogP contribution in [0.25, 0.3) is 0 Å². The quantitative estimate of drug-likeness (QED) is 0.585. The van der Waals surface area contributed by atoms with E-state index in [1.54, 1.807) is 0 Å². The van der Waals surface area contributed by atoms with Gasteiger partial charge < -0.3 is 14.2 Å². The number of hydrogen-bond donors (Lipinski definition) is 0. The minimum absolute atomic E-state index is 0.518. The van der Waals surface area contributed by atoms with E-state index in [2.05, 4.69) is 62.2 Å². The Morgan fingerprint density at radius 3 is 1.62 bits per heavy atom. The molecule has 1 aromatic rings. The van der Waals surface area contributed by atoms with E-state index in [-0.39, 0.29) is 0 Å². The van der Waals surface area contributed by atoms with Crippen LogP contribution in [0.2, 0.25) is 39.3 Å². The molecule has 0 fully saturated rings. The van der Waals surface area contributed by atoms with Gasteiger partial charge in [-0.1, -0.05) is 51.1 Å². The fraction of sp³-hybridized carbons (Fsp3) is 0.474. The molecule has 0 aromatic heterocycles. The van der Waals surface area contributed by atoms with Crippen molar-refractivity contribution in [2.75, 3.05) is 6.61 Å². The molecule has 0 bridgehead atoms. The zero-order valence-electron chi connectivity index (χ0n) is 15.7. The molecule has 128 valence electrons. The highest BCUT2D eigenvalue weighted by Gasteiger charge is 2.29. The van der Waals surface area contributed by atoms with E-state index in [0.717, 1.165) is 11.1 Å². The Morgan fingerprint density at radius 2 is 1.29 bits per heavy atom. The van der Waals surface area contributed by atoms with E-state index < -0.39 is 22.6 Å². The number of hydrogen-bond acceptors (Lipinski definition) is 3. The van der Waals surface area contributed by atoms with Crippen molar-refractivity contribution in [3.05, 3.63) is 23.3 Å². The number of benzene rings is 1. The molecule has 1 aliphatic rings. The number of ether oxygens (including phenoxy) is 3. The first-order valence-electron chi connectivity index (χ1n) is 8.27. The molecule has 0 aliphatic carbocycles. The molecule has 0 saturated carbocycles. The maximum Gasteiger partial charge on any atom is 0.361 e. The zero-order valence-corrected chi connectivity index (χ0v) is 17.7. The lowest BCUT2D eigenvalue weighted by molar-refractivity contribution is -0.173. The van der Waals surface area contributed by atoms with Crippen LogP contribution in [-0.4, -0.2) is 29.2 Å². The lowest BCUT2D eigenvalue weighted by Crippen LogP contribution is -2.22. The van der Waals surface area contributed by atoms with Crippen LogP contribution >= 0.6 is 0 Å². The molecule has 1 aromatic carbocycles. The Labute approximate surface area is 147 Å². The van der Waals surface area contributed by atoms with Gasteiger partial charge in [-0.15, -0.1) is 11.1 Å². The first-order valence-corrected chi connectivity index (χ1v) is 15.3. The van der Waals surface area contributed by atoms with Gasteiger partial charge in [-0.05, 0) is 19.1 Å². The Bertz CT molecular complexity index is 674. The Kier molecular flexibility index (Phi) is 5.50. The summed E-state index contributed by atoms with van der Waals surface area (Å²) in [4.78, 5) is 0. The summed E-state index contributed by atoms with van der Waals surface area (Å²) in [6.45, 7) is 15.0. The molecule has 0 spiro atoms. The third-order valence-corrected chi connectivity index (χ3v) is 4.74. The van der Waals surface area contributed by atoms with E-state index in [1.165, 1.54) is 0 Å². The van der Waals surface area contributed by atoms with Gasteiger partial charge in [-0.2, -0.15) is 0 Å². The van der Waals surface area contributed by atoms with Crippen LogP contribution in [0.1, 0.15) is 18.1 Å². The second kappa shape index (κ2) is 7.07. The van der Waals surface area contributed by atoms with Crippen LogP contribution in [0, 0.1) is 22.9 Å². The normalized spacial score (nSPS) is 13.8. The number of rotatable bonds is 2. The topological polar surface area (TPSA) is 27.7 Å². The van der Waals surface area contributed by atoms with E-state index >= 15 is 0 Å². The van der Waals surface area contributed by atoms with Crippen molar-refractivity contribution in [2.45, 2.75) is 52.7 Å². The molecule has 0 N–H and O–H groups in total. The Hall–Kier alpha value is -1.67. The predicted octanol–water partition coefficient (Wildman–Crippen LogP) is 4.24. The highest BCUT2D eigenvalue weighted by Crippen LogP contribution is 2.40. The second-order valence-corrected chi connectivity index (χ2v) is 17.3. The average molecular weight is 359 g/mol. The lowest BCUT2D eigenvalue weighted by Gasteiger charge is -2.08. The van der Waals surface area contributed by atoms with Gasteiger partial charge in [0, 0.05) is 0 Å². The van der Waals surface area contributed by atoms with Crippen molar-refractivity contribution in [2.24, 2.45) is 0 Å². The Balaban J connectivity index is 2.46. The minimum Gasteiger partial charge on any atom is -0.427 e. The number of fused-ring (bicyclic) bond motifs is 1.